The first-order chi connectivity index (χ1) is 6.74. The second kappa shape index (κ2) is 3.62. The van der Waals surface area contributed by atoms with E-state index in [4.69, 9.17) is 4.74 Å². The van der Waals surface area contributed by atoms with Crippen molar-refractivity contribution in [3.63, 3.8) is 0 Å². The summed E-state index contributed by atoms with van der Waals surface area (Å²) in [6.45, 7) is 2.07. The third-order valence-electron chi connectivity index (χ3n) is 3.15. The molecule has 76 valence electrons. The minimum absolute atomic E-state index is 0.199. The first kappa shape index (κ1) is 9.53. The number of hydrogen-bond donors (Lipinski definition) is 1. The smallest absolute Gasteiger partial charge is 0.122 e. The van der Waals surface area contributed by atoms with E-state index in [-0.39, 0.29) is 12.0 Å². The Balaban J connectivity index is 2.47. The molecule has 2 rings (SSSR count). The number of fused-ring (bicyclic) bond motifs is 1. The van der Waals surface area contributed by atoms with Gasteiger partial charge in [-0.1, -0.05) is 19.1 Å². The molecule has 0 bridgehead atoms. The Morgan fingerprint density at radius 3 is 2.93 bits per heavy atom. The normalized spacial score (nSPS) is 25.6. The van der Waals surface area contributed by atoms with Gasteiger partial charge in [-0.3, -0.25) is 0 Å². The molecule has 0 aliphatic heterocycles. The molecule has 1 aromatic rings. The van der Waals surface area contributed by atoms with E-state index in [2.05, 4.69) is 13.0 Å². The third kappa shape index (κ3) is 1.40. The maximum atomic E-state index is 9.75. The molecule has 0 heterocycles. The molecule has 0 spiro atoms. The molecule has 1 aliphatic rings. The predicted octanol–water partition coefficient (Wildman–Crippen LogP) is 2.11. The average Bonchev–Trinajstić information content (AvgIpc) is 2.23. The lowest BCUT2D eigenvalue weighted by Crippen LogP contribution is -2.23. The van der Waals surface area contributed by atoms with Crippen LogP contribution in [0.2, 0.25) is 0 Å². The maximum Gasteiger partial charge on any atom is 0.122 e. The van der Waals surface area contributed by atoms with Crippen molar-refractivity contribution in [1.29, 1.82) is 0 Å². The number of methoxy groups -OCH3 is 1. The van der Waals surface area contributed by atoms with Crippen LogP contribution in [0.4, 0.5) is 0 Å². The van der Waals surface area contributed by atoms with E-state index in [0.29, 0.717) is 0 Å². The van der Waals surface area contributed by atoms with Gasteiger partial charge >= 0.3 is 0 Å². The molecule has 0 fully saturated rings. The second-order valence-corrected chi connectivity index (χ2v) is 3.92. The lowest BCUT2D eigenvalue weighted by atomic mass is 9.81. The molecular formula is C12H16O2. The lowest BCUT2D eigenvalue weighted by molar-refractivity contribution is 0.132. The van der Waals surface area contributed by atoms with Crippen LogP contribution in [-0.4, -0.2) is 18.3 Å². The highest BCUT2D eigenvalue weighted by Crippen LogP contribution is 2.36. The maximum absolute atomic E-state index is 9.75. The van der Waals surface area contributed by atoms with E-state index >= 15 is 0 Å². The zero-order valence-electron chi connectivity index (χ0n) is 8.66. The molecule has 1 aliphatic carbocycles. The monoisotopic (exact) mass is 192 g/mol. The van der Waals surface area contributed by atoms with Crippen LogP contribution in [0.15, 0.2) is 18.2 Å². The van der Waals surface area contributed by atoms with E-state index < -0.39 is 0 Å². The van der Waals surface area contributed by atoms with Crippen molar-refractivity contribution in [3.05, 3.63) is 29.3 Å². The summed E-state index contributed by atoms with van der Waals surface area (Å²) in [5, 5.41) is 9.75. The van der Waals surface area contributed by atoms with E-state index in [1.54, 1.807) is 7.11 Å². The van der Waals surface area contributed by atoms with Crippen molar-refractivity contribution in [2.24, 2.45) is 0 Å². The van der Waals surface area contributed by atoms with Gasteiger partial charge in [-0.15, -0.1) is 0 Å². The summed E-state index contributed by atoms with van der Waals surface area (Å²) in [5.41, 5.74) is 2.51. The molecule has 0 saturated carbocycles. The van der Waals surface area contributed by atoms with Crippen LogP contribution in [0.1, 0.15) is 30.4 Å². The lowest BCUT2D eigenvalue weighted by Gasteiger charge is -2.28. The van der Waals surface area contributed by atoms with Gasteiger partial charge in [-0.2, -0.15) is 0 Å². The van der Waals surface area contributed by atoms with E-state index in [9.17, 15) is 5.11 Å². The van der Waals surface area contributed by atoms with Gasteiger partial charge in [-0.05, 0) is 30.0 Å². The topological polar surface area (TPSA) is 29.5 Å². The van der Waals surface area contributed by atoms with Crippen LogP contribution in [0, 0.1) is 0 Å². The summed E-state index contributed by atoms with van der Waals surface area (Å²) in [4.78, 5) is 0. The van der Waals surface area contributed by atoms with Gasteiger partial charge in [0.1, 0.15) is 5.75 Å². The Labute approximate surface area is 84.5 Å². The van der Waals surface area contributed by atoms with Crippen molar-refractivity contribution < 1.29 is 9.84 Å². The third-order valence-corrected chi connectivity index (χ3v) is 3.15. The average molecular weight is 192 g/mol. The molecule has 0 aromatic heterocycles. The fourth-order valence-corrected chi connectivity index (χ4v) is 2.22. The van der Waals surface area contributed by atoms with Crippen molar-refractivity contribution in [2.45, 2.75) is 31.8 Å². The predicted molar refractivity (Wildman–Crippen MR) is 55.7 cm³/mol. The quantitative estimate of drug-likeness (QED) is 0.738. The largest absolute Gasteiger partial charge is 0.496 e. The van der Waals surface area contributed by atoms with Crippen LogP contribution in [0.25, 0.3) is 0 Å². The van der Waals surface area contributed by atoms with Crippen LogP contribution < -0.4 is 4.74 Å². The van der Waals surface area contributed by atoms with Gasteiger partial charge in [0, 0.05) is 5.92 Å². The van der Waals surface area contributed by atoms with Gasteiger partial charge < -0.3 is 9.84 Å². The van der Waals surface area contributed by atoms with Gasteiger partial charge in [0.25, 0.3) is 0 Å². The summed E-state index contributed by atoms with van der Waals surface area (Å²) in [6.07, 6.45) is 1.56. The molecule has 0 saturated heterocycles. The number of aliphatic hydroxyl groups is 1. The van der Waals surface area contributed by atoms with Gasteiger partial charge in [0.15, 0.2) is 0 Å². The zero-order chi connectivity index (χ0) is 10.1. The highest BCUT2D eigenvalue weighted by Gasteiger charge is 2.25. The minimum atomic E-state index is -0.199. The molecule has 1 aromatic carbocycles. The fraction of sp³-hybridized carbons (Fsp3) is 0.500. The van der Waals surface area contributed by atoms with Crippen LogP contribution >= 0.6 is 0 Å². The Kier molecular flexibility index (Phi) is 2.46. The highest BCUT2D eigenvalue weighted by molar-refractivity contribution is 5.44. The molecule has 2 heteroatoms. The van der Waals surface area contributed by atoms with Crippen LogP contribution in [0.3, 0.4) is 0 Å². The molecule has 0 amide bonds. The molecule has 14 heavy (non-hydrogen) atoms. The van der Waals surface area contributed by atoms with Gasteiger partial charge in [0.2, 0.25) is 0 Å². The second-order valence-electron chi connectivity index (χ2n) is 3.92. The van der Waals surface area contributed by atoms with Crippen molar-refractivity contribution >= 4 is 0 Å². The summed E-state index contributed by atoms with van der Waals surface area (Å²) in [5.74, 6) is 1.19. The summed E-state index contributed by atoms with van der Waals surface area (Å²) < 4.78 is 5.31. The molecule has 2 atom stereocenters. The Morgan fingerprint density at radius 1 is 1.43 bits per heavy atom. The number of benzene rings is 1. The molecular weight excluding hydrogens is 176 g/mol. The van der Waals surface area contributed by atoms with Crippen molar-refractivity contribution in [1.82, 2.24) is 0 Å². The van der Waals surface area contributed by atoms with Gasteiger partial charge in [0.05, 0.1) is 13.2 Å². The first-order valence-electron chi connectivity index (χ1n) is 5.08. The SMILES string of the molecule is COc1cccc2c1CCC(O)C2C. The van der Waals surface area contributed by atoms with Gasteiger partial charge in [-0.25, -0.2) is 0 Å². The summed E-state index contributed by atoms with van der Waals surface area (Å²) in [6, 6.07) is 6.07. The summed E-state index contributed by atoms with van der Waals surface area (Å²) in [7, 11) is 1.70. The number of rotatable bonds is 1. The minimum Gasteiger partial charge on any atom is -0.496 e. The van der Waals surface area contributed by atoms with E-state index in [1.165, 1.54) is 11.1 Å². The molecule has 0 radical (unpaired) electrons. The fourth-order valence-electron chi connectivity index (χ4n) is 2.22. The standard InChI is InChI=1S/C12H16O2/c1-8-9-4-3-5-12(14-2)10(9)6-7-11(8)13/h3-5,8,11,13H,6-7H2,1-2H3. The van der Waals surface area contributed by atoms with Crippen LogP contribution in [-0.2, 0) is 6.42 Å². The zero-order valence-corrected chi connectivity index (χ0v) is 8.66. The number of hydrogen-bond acceptors (Lipinski definition) is 2. The number of ether oxygens (including phenoxy) is 1. The summed E-state index contributed by atoms with van der Waals surface area (Å²) >= 11 is 0. The first-order valence-corrected chi connectivity index (χ1v) is 5.08. The molecule has 2 unspecified atom stereocenters. The van der Waals surface area contributed by atoms with Crippen molar-refractivity contribution in [2.75, 3.05) is 7.11 Å². The van der Waals surface area contributed by atoms with Crippen LogP contribution in [0.5, 0.6) is 5.75 Å². The Hall–Kier alpha value is -1.02. The van der Waals surface area contributed by atoms with E-state index in [1.807, 2.05) is 12.1 Å². The number of aliphatic hydroxyl groups excluding tert-OH is 1. The Bertz CT molecular complexity index is 333. The molecule has 1 N–H and O–H groups in total. The highest BCUT2D eigenvalue weighted by atomic mass is 16.5. The van der Waals surface area contributed by atoms with E-state index in [0.717, 1.165) is 18.6 Å². The van der Waals surface area contributed by atoms with Crippen molar-refractivity contribution in [3.8, 4) is 5.75 Å². The molecule has 2 nitrogen and oxygen atoms in total. The Morgan fingerprint density at radius 2 is 2.21 bits per heavy atom.